The van der Waals surface area contributed by atoms with Crippen LogP contribution in [0.5, 0.6) is 0 Å². The Hall–Kier alpha value is -1.30. The van der Waals surface area contributed by atoms with Gasteiger partial charge in [-0.3, -0.25) is 0 Å². The number of nitriles is 1. The van der Waals surface area contributed by atoms with Gasteiger partial charge in [-0.25, -0.2) is 0 Å². The Morgan fingerprint density at radius 2 is 2.50 bits per heavy atom. The normalized spacial score (nSPS) is 8.50. The van der Waals surface area contributed by atoms with Crippen LogP contribution in [-0.4, -0.2) is 4.79 Å². The second-order valence-corrected chi connectivity index (χ2v) is 1.32. The number of hydrogen-bond donors (Lipinski definition) is 0. The lowest BCUT2D eigenvalue weighted by Crippen LogP contribution is -1.80. The summed E-state index contributed by atoms with van der Waals surface area (Å²) in [5.41, 5.74) is 0.0324. The highest BCUT2D eigenvalue weighted by Gasteiger charge is 1.92. The first-order chi connectivity index (χ1) is 3.84. The summed E-state index contributed by atoms with van der Waals surface area (Å²) in [4.78, 5) is 0.278. The molecule has 1 rings (SSSR count). The van der Waals surface area contributed by atoms with E-state index in [0.717, 1.165) is 0 Å². The van der Waals surface area contributed by atoms with Gasteiger partial charge in [-0.2, -0.15) is 10.1 Å². The summed E-state index contributed by atoms with van der Waals surface area (Å²) in [7, 11) is 0. The number of nitrogens with zero attached hydrogens (tertiary/aromatic N) is 2. The molecule has 1 aromatic rings. The first-order valence-corrected chi connectivity index (χ1v) is 2.08. The molecular formula is C5H3FN2. The van der Waals surface area contributed by atoms with Crippen molar-refractivity contribution in [2.45, 2.75) is 0 Å². The summed E-state index contributed by atoms with van der Waals surface area (Å²) in [5.74, 6) is 0. The third-order valence-electron chi connectivity index (χ3n) is 0.816. The Morgan fingerprint density at radius 1 is 1.75 bits per heavy atom. The van der Waals surface area contributed by atoms with Gasteiger partial charge in [0.05, 0.1) is 0 Å². The summed E-state index contributed by atoms with van der Waals surface area (Å²) >= 11 is 0. The van der Waals surface area contributed by atoms with Crippen LogP contribution >= 0.6 is 0 Å². The van der Waals surface area contributed by atoms with Gasteiger partial charge in [-0.05, 0) is 12.1 Å². The van der Waals surface area contributed by atoms with Crippen molar-refractivity contribution < 1.29 is 4.48 Å². The lowest BCUT2D eigenvalue weighted by atomic mass is 10.5. The highest BCUT2D eigenvalue weighted by molar-refractivity contribution is 5.20. The topological polar surface area (TPSA) is 28.7 Å². The number of aromatic nitrogens is 1. The third kappa shape index (κ3) is 0.562. The molecule has 0 aliphatic carbocycles. The second kappa shape index (κ2) is 1.66. The Kier molecular flexibility index (Phi) is 1.01. The van der Waals surface area contributed by atoms with Gasteiger partial charge in [0.2, 0.25) is 0 Å². The number of hydrogen-bond acceptors (Lipinski definition) is 1. The highest BCUT2D eigenvalue weighted by Crippen LogP contribution is 1.97. The predicted octanol–water partition coefficient (Wildman–Crippen LogP) is 1.09. The monoisotopic (exact) mass is 110 g/mol. The molecule has 0 aliphatic rings. The van der Waals surface area contributed by atoms with Gasteiger partial charge in [0.15, 0.2) is 5.69 Å². The molecule has 0 amide bonds. The number of halogens is 1. The fourth-order valence-electron chi connectivity index (χ4n) is 0.446. The molecule has 0 radical (unpaired) electrons. The van der Waals surface area contributed by atoms with E-state index in [9.17, 15) is 4.48 Å². The molecule has 0 unspecified atom stereocenters. The van der Waals surface area contributed by atoms with Crippen molar-refractivity contribution in [1.82, 2.24) is 4.79 Å². The molecule has 0 saturated carbocycles. The molecular weight excluding hydrogens is 107 g/mol. The molecule has 0 saturated heterocycles. The molecule has 1 aromatic heterocycles. The van der Waals surface area contributed by atoms with Crippen molar-refractivity contribution >= 4 is 0 Å². The summed E-state index contributed by atoms with van der Waals surface area (Å²) in [5, 5.41) is 8.10. The molecule has 1 heterocycles. The summed E-state index contributed by atoms with van der Waals surface area (Å²) < 4.78 is 12.0. The van der Waals surface area contributed by atoms with E-state index >= 15 is 0 Å². The zero-order valence-corrected chi connectivity index (χ0v) is 4.00. The zero-order chi connectivity index (χ0) is 5.98. The molecule has 40 valence electrons. The van der Waals surface area contributed by atoms with Crippen LogP contribution in [0.25, 0.3) is 0 Å². The van der Waals surface area contributed by atoms with E-state index in [1.165, 1.54) is 18.3 Å². The minimum absolute atomic E-state index is 0.0324. The molecule has 0 fully saturated rings. The van der Waals surface area contributed by atoms with Crippen LogP contribution < -0.4 is 0 Å². The quantitative estimate of drug-likeness (QED) is 0.491. The molecule has 0 atom stereocenters. The Bertz CT molecular complexity index is 221. The fourth-order valence-corrected chi connectivity index (χ4v) is 0.446. The van der Waals surface area contributed by atoms with Crippen molar-refractivity contribution in [2.24, 2.45) is 0 Å². The molecule has 0 aliphatic heterocycles. The fraction of sp³-hybridized carbons (Fsp3) is 0. The Labute approximate surface area is 45.7 Å². The van der Waals surface area contributed by atoms with Crippen LogP contribution in [0.15, 0.2) is 18.3 Å². The molecule has 0 N–H and O–H groups in total. The van der Waals surface area contributed by atoms with Crippen LogP contribution in [0.3, 0.4) is 0 Å². The van der Waals surface area contributed by atoms with Crippen molar-refractivity contribution in [3.05, 3.63) is 24.0 Å². The van der Waals surface area contributed by atoms with Crippen LogP contribution in [0.1, 0.15) is 5.69 Å². The molecule has 3 heteroatoms. The number of rotatable bonds is 0. The van der Waals surface area contributed by atoms with E-state index in [4.69, 9.17) is 5.26 Å². The summed E-state index contributed by atoms with van der Waals surface area (Å²) in [6.07, 6.45) is 1.18. The van der Waals surface area contributed by atoms with Crippen molar-refractivity contribution in [2.75, 3.05) is 0 Å². The van der Waals surface area contributed by atoms with Gasteiger partial charge in [-0.15, -0.1) is 0 Å². The average Bonchev–Trinajstić information content (AvgIpc) is 2.14. The molecule has 0 spiro atoms. The van der Waals surface area contributed by atoms with Gasteiger partial charge in [0, 0.05) is 6.20 Å². The van der Waals surface area contributed by atoms with E-state index in [0.29, 0.717) is 0 Å². The van der Waals surface area contributed by atoms with E-state index in [2.05, 4.69) is 0 Å². The van der Waals surface area contributed by atoms with Crippen molar-refractivity contribution in [3.63, 3.8) is 0 Å². The van der Waals surface area contributed by atoms with Gasteiger partial charge >= 0.3 is 0 Å². The maximum atomic E-state index is 12.0. The molecule has 0 aromatic carbocycles. The summed E-state index contributed by atoms with van der Waals surface area (Å²) in [6.45, 7) is 0. The molecule has 0 bridgehead atoms. The van der Waals surface area contributed by atoms with Gasteiger partial charge < -0.3 is 0 Å². The van der Waals surface area contributed by atoms with Crippen molar-refractivity contribution in [3.8, 4) is 6.07 Å². The van der Waals surface area contributed by atoms with Gasteiger partial charge in [-0.1, -0.05) is 4.48 Å². The van der Waals surface area contributed by atoms with E-state index < -0.39 is 0 Å². The smallest absolute Gasteiger partial charge is 0.151 e. The first kappa shape index (κ1) is 4.85. The van der Waals surface area contributed by atoms with Gasteiger partial charge in [0.25, 0.3) is 0 Å². The van der Waals surface area contributed by atoms with Gasteiger partial charge in [0.1, 0.15) is 6.07 Å². The van der Waals surface area contributed by atoms with Crippen LogP contribution in [0.2, 0.25) is 0 Å². The zero-order valence-electron chi connectivity index (χ0n) is 4.00. The maximum Gasteiger partial charge on any atom is 0.151 e. The van der Waals surface area contributed by atoms with E-state index in [1.807, 2.05) is 0 Å². The molecule has 8 heavy (non-hydrogen) atoms. The Balaban J connectivity index is 3.15. The van der Waals surface area contributed by atoms with Crippen LogP contribution in [0, 0.1) is 11.3 Å². The third-order valence-corrected chi connectivity index (χ3v) is 0.816. The standard InChI is InChI=1S/C5H3FN2/c6-8-3-1-2-5(8)4-7/h1-3H. The molecule has 2 nitrogen and oxygen atoms in total. The predicted molar refractivity (Wildman–Crippen MR) is 25.7 cm³/mol. The van der Waals surface area contributed by atoms with Crippen molar-refractivity contribution in [1.29, 1.82) is 5.26 Å². The average molecular weight is 110 g/mol. The van der Waals surface area contributed by atoms with Crippen LogP contribution in [0.4, 0.5) is 4.48 Å². The lowest BCUT2D eigenvalue weighted by Gasteiger charge is -1.80. The first-order valence-electron chi connectivity index (χ1n) is 2.08. The SMILES string of the molecule is N#Cc1cccn1F. The second-order valence-electron chi connectivity index (χ2n) is 1.32. The Morgan fingerprint density at radius 3 is 2.75 bits per heavy atom. The summed E-state index contributed by atoms with van der Waals surface area (Å²) in [6, 6.07) is 4.54. The highest BCUT2D eigenvalue weighted by atomic mass is 19.2. The van der Waals surface area contributed by atoms with E-state index in [1.54, 1.807) is 6.07 Å². The minimum atomic E-state index is 0.0324. The van der Waals surface area contributed by atoms with E-state index in [-0.39, 0.29) is 10.5 Å². The van der Waals surface area contributed by atoms with Crippen LogP contribution in [-0.2, 0) is 0 Å². The largest absolute Gasteiger partial charge is 0.191 e. The minimum Gasteiger partial charge on any atom is -0.191 e. The maximum absolute atomic E-state index is 12.0. The lowest BCUT2D eigenvalue weighted by molar-refractivity contribution is 0.367.